The van der Waals surface area contributed by atoms with Gasteiger partial charge in [-0.25, -0.2) is 14.5 Å². The molecule has 10 nitrogen and oxygen atoms in total. The summed E-state index contributed by atoms with van der Waals surface area (Å²) < 4.78 is 1.42. The average Bonchev–Trinajstić information content (AvgIpc) is 3.02. The molecule has 0 aliphatic heterocycles. The van der Waals surface area contributed by atoms with Crippen LogP contribution < -0.4 is 11.2 Å². The van der Waals surface area contributed by atoms with E-state index in [1.54, 1.807) is 19.1 Å². The molecule has 2 rings (SSSR count). The van der Waals surface area contributed by atoms with E-state index in [4.69, 9.17) is 16.4 Å². The van der Waals surface area contributed by atoms with Crippen molar-refractivity contribution in [1.29, 1.82) is 10.7 Å². The van der Waals surface area contributed by atoms with Gasteiger partial charge in [0.25, 0.3) is 0 Å². The van der Waals surface area contributed by atoms with Crippen molar-refractivity contribution in [3.8, 4) is 11.8 Å². The third kappa shape index (κ3) is 3.30. The Labute approximate surface area is 130 Å². The van der Waals surface area contributed by atoms with Crippen LogP contribution in [-0.2, 0) is 0 Å². The average molecular weight is 312 g/mol. The maximum Gasteiger partial charge on any atom is 0.337 e. The molecule has 0 radical (unpaired) electrons. The van der Waals surface area contributed by atoms with Gasteiger partial charge in [-0.05, 0) is 24.6 Å². The second-order valence-electron chi connectivity index (χ2n) is 4.43. The van der Waals surface area contributed by atoms with Crippen LogP contribution in [0.2, 0.25) is 0 Å². The molecule has 0 aliphatic carbocycles. The minimum Gasteiger partial charge on any atom is -0.478 e. The van der Waals surface area contributed by atoms with Gasteiger partial charge in [0.1, 0.15) is 18.7 Å². The first kappa shape index (κ1) is 15.6. The van der Waals surface area contributed by atoms with Crippen LogP contribution in [0.1, 0.15) is 15.9 Å². The highest BCUT2D eigenvalue weighted by atomic mass is 16.4. The molecule has 0 saturated heterocycles. The molecular weight excluding hydrogens is 300 g/mol. The molecule has 10 heteroatoms. The summed E-state index contributed by atoms with van der Waals surface area (Å²) in [6.45, 7) is 1.67. The van der Waals surface area contributed by atoms with Crippen LogP contribution in [0.5, 0.6) is 0 Å². The molecule has 5 N–H and O–H groups in total. The molecule has 0 spiro atoms. The number of nitrogens with two attached hydrogens (primary N) is 1. The number of nitrogens with one attached hydrogen (secondary N) is 2. The van der Waals surface area contributed by atoms with Crippen LogP contribution in [0.15, 0.2) is 29.9 Å². The van der Waals surface area contributed by atoms with Crippen LogP contribution in [0.25, 0.3) is 5.69 Å². The van der Waals surface area contributed by atoms with Crippen molar-refractivity contribution >= 4 is 23.2 Å². The quantitative estimate of drug-likeness (QED) is 0.354. The van der Waals surface area contributed by atoms with Gasteiger partial charge in [-0.1, -0.05) is 0 Å². The Balaban J connectivity index is 2.50. The zero-order chi connectivity index (χ0) is 17.0. The first-order valence-corrected chi connectivity index (χ1v) is 6.25. The summed E-state index contributed by atoms with van der Waals surface area (Å²) in [5, 5.41) is 33.0. The van der Waals surface area contributed by atoms with E-state index in [0.717, 1.165) is 0 Å². The Morgan fingerprint density at radius 1 is 1.57 bits per heavy atom. The molecule has 116 valence electrons. The molecule has 1 aromatic heterocycles. The predicted octanol–water partition coefficient (Wildman–Crippen LogP) is 0.501. The minimum absolute atomic E-state index is 0.0694. The van der Waals surface area contributed by atoms with Crippen LogP contribution in [0, 0.1) is 23.7 Å². The van der Waals surface area contributed by atoms with Gasteiger partial charge in [0.2, 0.25) is 5.71 Å². The molecule has 0 bridgehead atoms. The van der Waals surface area contributed by atoms with Crippen LogP contribution in [-0.4, -0.2) is 37.4 Å². The van der Waals surface area contributed by atoms with Crippen LogP contribution >= 0.6 is 0 Å². The van der Waals surface area contributed by atoms with Crippen molar-refractivity contribution in [3.63, 3.8) is 0 Å². The number of carboxylic acids is 1. The third-order valence-electron chi connectivity index (χ3n) is 2.87. The monoisotopic (exact) mass is 312 g/mol. The Hall–Kier alpha value is -3.74. The van der Waals surface area contributed by atoms with E-state index in [9.17, 15) is 9.90 Å². The number of nitrogens with zero attached hydrogens (tertiary/aromatic N) is 5. The summed E-state index contributed by atoms with van der Waals surface area (Å²) >= 11 is 0. The molecule has 1 aromatic carbocycles. The SMILES string of the molecule is Cc1cc(-n2cncn2)cc(C(=O)O)c1N/N=C(\C#N)C(=N)N. The molecule has 0 amide bonds. The minimum atomic E-state index is -1.19. The Morgan fingerprint density at radius 3 is 2.83 bits per heavy atom. The lowest BCUT2D eigenvalue weighted by Crippen LogP contribution is -2.22. The van der Waals surface area contributed by atoms with Gasteiger partial charge >= 0.3 is 5.97 Å². The van der Waals surface area contributed by atoms with Crippen molar-refractivity contribution in [3.05, 3.63) is 35.9 Å². The molecular formula is C13H12N8O2. The zero-order valence-electron chi connectivity index (χ0n) is 12.0. The fourth-order valence-corrected chi connectivity index (χ4v) is 1.82. The number of hydrogen-bond donors (Lipinski definition) is 4. The summed E-state index contributed by atoms with van der Waals surface area (Å²) in [7, 11) is 0. The topological polar surface area (TPSA) is 166 Å². The van der Waals surface area contributed by atoms with E-state index >= 15 is 0 Å². The zero-order valence-corrected chi connectivity index (χ0v) is 12.0. The molecule has 0 fully saturated rings. The number of hydrogen-bond acceptors (Lipinski definition) is 7. The lowest BCUT2D eigenvalue weighted by Gasteiger charge is -2.12. The smallest absolute Gasteiger partial charge is 0.337 e. The van der Waals surface area contributed by atoms with Gasteiger partial charge in [-0.15, -0.1) is 0 Å². The second-order valence-corrected chi connectivity index (χ2v) is 4.43. The van der Waals surface area contributed by atoms with Crippen LogP contribution in [0.4, 0.5) is 5.69 Å². The van der Waals surface area contributed by atoms with Crippen molar-refractivity contribution < 1.29 is 9.90 Å². The second kappa shape index (κ2) is 6.35. The predicted molar refractivity (Wildman–Crippen MR) is 81.6 cm³/mol. The largest absolute Gasteiger partial charge is 0.478 e. The summed E-state index contributed by atoms with van der Waals surface area (Å²) in [5.74, 6) is -1.71. The fraction of sp³-hybridized carbons (Fsp3) is 0.0769. The Bertz CT molecular complexity index is 832. The van der Waals surface area contributed by atoms with E-state index in [1.165, 1.54) is 23.4 Å². The summed E-state index contributed by atoms with van der Waals surface area (Å²) in [6, 6.07) is 4.71. The molecule has 0 saturated carbocycles. The van der Waals surface area contributed by atoms with Gasteiger partial charge in [-0.3, -0.25) is 10.8 Å². The highest BCUT2D eigenvalue weighted by molar-refractivity contribution is 6.45. The standard InChI is InChI=1S/C13H12N8O2/c1-7-2-8(21-6-17-5-18-21)3-9(13(22)23)11(7)20-19-10(4-14)12(15)16/h2-3,5-6,20H,1H3,(H3,15,16)(H,22,23)/b19-10+. The van der Waals surface area contributed by atoms with Gasteiger partial charge < -0.3 is 10.8 Å². The molecule has 0 atom stereocenters. The fourth-order valence-electron chi connectivity index (χ4n) is 1.82. The van der Waals surface area contributed by atoms with Gasteiger partial charge in [0.15, 0.2) is 5.84 Å². The summed E-state index contributed by atoms with van der Waals surface area (Å²) in [6.07, 6.45) is 2.77. The number of aromatic nitrogens is 3. The molecule has 0 aliphatic rings. The highest BCUT2D eigenvalue weighted by Crippen LogP contribution is 2.25. The highest BCUT2D eigenvalue weighted by Gasteiger charge is 2.16. The third-order valence-corrected chi connectivity index (χ3v) is 2.87. The van der Waals surface area contributed by atoms with E-state index in [0.29, 0.717) is 11.3 Å². The van der Waals surface area contributed by atoms with Crippen molar-refractivity contribution in [2.75, 3.05) is 5.43 Å². The lowest BCUT2D eigenvalue weighted by atomic mass is 10.1. The number of carbonyl (C=O) groups is 1. The first-order chi connectivity index (χ1) is 10.9. The summed E-state index contributed by atoms with van der Waals surface area (Å²) in [5.41, 5.74) is 8.52. The number of aryl methyl sites for hydroxylation is 1. The number of rotatable bonds is 5. The Morgan fingerprint density at radius 2 is 2.30 bits per heavy atom. The maximum atomic E-state index is 11.5. The van der Waals surface area contributed by atoms with E-state index < -0.39 is 11.8 Å². The number of nitriles is 1. The first-order valence-electron chi connectivity index (χ1n) is 6.25. The lowest BCUT2D eigenvalue weighted by molar-refractivity contribution is 0.0698. The van der Waals surface area contributed by atoms with Gasteiger partial charge in [0, 0.05) is 0 Å². The Kier molecular flexibility index (Phi) is 4.32. The van der Waals surface area contributed by atoms with E-state index in [-0.39, 0.29) is 17.0 Å². The molecule has 2 aromatic rings. The number of anilines is 1. The summed E-state index contributed by atoms with van der Waals surface area (Å²) in [4.78, 5) is 15.3. The van der Waals surface area contributed by atoms with E-state index in [1.807, 2.05) is 0 Å². The van der Waals surface area contributed by atoms with Crippen molar-refractivity contribution in [2.45, 2.75) is 6.92 Å². The number of hydrazone groups is 1. The van der Waals surface area contributed by atoms with E-state index in [2.05, 4.69) is 20.6 Å². The number of carboxylic acid groups (broad SMARTS) is 1. The van der Waals surface area contributed by atoms with Crippen molar-refractivity contribution in [2.24, 2.45) is 10.8 Å². The number of amidine groups is 1. The molecule has 1 heterocycles. The van der Waals surface area contributed by atoms with Crippen LogP contribution in [0.3, 0.4) is 0 Å². The number of benzene rings is 1. The maximum absolute atomic E-state index is 11.5. The molecule has 0 unspecified atom stereocenters. The number of aromatic carboxylic acids is 1. The molecule has 23 heavy (non-hydrogen) atoms. The normalized spacial score (nSPS) is 10.9. The van der Waals surface area contributed by atoms with Gasteiger partial charge in [0.05, 0.1) is 16.9 Å². The van der Waals surface area contributed by atoms with Gasteiger partial charge in [-0.2, -0.15) is 15.5 Å². The van der Waals surface area contributed by atoms with Crippen molar-refractivity contribution in [1.82, 2.24) is 14.8 Å².